The Hall–Kier alpha value is -3.22. The fourth-order valence-electron chi connectivity index (χ4n) is 5.13. The summed E-state index contributed by atoms with van der Waals surface area (Å²) in [4.78, 5) is 6.98. The molecule has 1 N–H and O–H groups in total. The van der Waals surface area contributed by atoms with Crippen LogP contribution >= 0.6 is 12.2 Å². The van der Waals surface area contributed by atoms with Crippen LogP contribution in [0.25, 0.3) is 16.5 Å². The van der Waals surface area contributed by atoms with Crippen LogP contribution in [-0.2, 0) is 4.74 Å². The van der Waals surface area contributed by atoms with Gasteiger partial charge in [0, 0.05) is 36.9 Å². The van der Waals surface area contributed by atoms with Crippen LogP contribution in [0.5, 0.6) is 0 Å². The molecule has 0 radical (unpaired) electrons. The van der Waals surface area contributed by atoms with Crippen molar-refractivity contribution in [2.45, 2.75) is 31.0 Å². The molecule has 4 aromatic rings. The standard InChI is InChI=1S/C27H26N4OS/c33-27-29-25(23-10-3-4-14-28-23)26(31(27)18-22-9-6-16-32-22)24-11-5-15-30(24)21-13-12-19-7-1-2-8-20(19)17-21/h1-5,7-8,10-15,17,22,25-26H,6,9,16,18H2,(H,29,33)/t22-,25+,26+/m0/s1. The maximum Gasteiger partial charge on any atom is 0.170 e. The highest BCUT2D eigenvalue weighted by atomic mass is 32.1. The molecule has 6 heteroatoms. The minimum Gasteiger partial charge on any atom is -0.376 e. The first-order valence-electron chi connectivity index (χ1n) is 11.5. The Labute approximate surface area is 199 Å². The second-order valence-corrected chi connectivity index (χ2v) is 9.14. The Balaban J connectivity index is 1.44. The first-order valence-corrected chi connectivity index (χ1v) is 11.9. The number of aromatic nitrogens is 2. The predicted molar refractivity (Wildman–Crippen MR) is 134 cm³/mol. The average molecular weight is 455 g/mol. The number of ether oxygens (including phenoxy) is 1. The van der Waals surface area contributed by atoms with Gasteiger partial charge in [-0.05, 0) is 72.2 Å². The van der Waals surface area contributed by atoms with Gasteiger partial charge < -0.3 is 19.5 Å². The fraction of sp³-hybridized carbons (Fsp3) is 0.259. The molecule has 6 rings (SSSR count). The number of thiocarbonyl (C=S) groups is 1. The normalized spacial score (nSPS) is 22.7. The van der Waals surface area contributed by atoms with E-state index < -0.39 is 0 Å². The zero-order valence-corrected chi connectivity index (χ0v) is 19.1. The van der Waals surface area contributed by atoms with E-state index >= 15 is 0 Å². The van der Waals surface area contributed by atoms with Crippen LogP contribution in [0, 0.1) is 0 Å². The molecule has 2 saturated heterocycles. The van der Waals surface area contributed by atoms with Gasteiger partial charge in [-0.3, -0.25) is 4.98 Å². The molecule has 3 atom stereocenters. The minimum absolute atomic E-state index is 0.0121. The Morgan fingerprint density at radius 2 is 1.88 bits per heavy atom. The van der Waals surface area contributed by atoms with Gasteiger partial charge in [-0.25, -0.2) is 0 Å². The lowest BCUT2D eigenvalue weighted by Gasteiger charge is -2.30. The van der Waals surface area contributed by atoms with Crippen LogP contribution in [0.15, 0.2) is 85.2 Å². The molecule has 2 fully saturated rings. The molecule has 0 aliphatic carbocycles. The van der Waals surface area contributed by atoms with Gasteiger partial charge in [-0.1, -0.05) is 36.4 Å². The Kier molecular flexibility index (Phi) is 5.32. The molecule has 2 aliphatic heterocycles. The zero-order chi connectivity index (χ0) is 22.2. The summed E-state index contributed by atoms with van der Waals surface area (Å²) in [5.74, 6) is 0. The lowest BCUT2D eigenvalue weighted by Crippen LogP contribution is -2.36. The Morgan fingerprint density at radius 1 is 1.00 bits per heavy atom. The number of nitrogens with one attached hydrogen (secondary N) is 1. The number of hydrogen-bond donors (Lipinski definition) is 1. The molecule has 2 aromatic heterocycles. The van der Waals surface area contributed by atoms with E-state index in [0.717, 1.165) is 42.5 Å². The summed E-state index contributed by atoms with van der Waals surface area (Å²) in [5, 5.41) is 6.80. The van der Waals surface area contributed by atoms with E-state index in [4.69, 9.17) is 17.0 Å². The van der Waals surface area contributed by atoms with Crippen LogP contribution in [0.4, 0.5) is 0 Å². The van der Waals surface area contributed by atoms with Crippen LogP contribution in [0.1, 0.15) is 36.3 Å². The number of pyridine rings is 1. The molecule has 0 unspecified atom stereocenters. The van der Waals surface area contributed by atoms with E-state index in [1.807, 2.05) is 18.3 Å². The second kappa shape index (κ2) is 8.61. The molecule has 33 heavy (non-hydrogen) atoms. The van der Waals surface area contributed by atoms with Crippen molar-refractivity contribution in [3.63, 3.8) is 0 Å². The highest BCUT2D eigenvalue weighted by Gasteiger charge is 2.42. The third kappa shape index (κ3) is 3.79. The van der Waals surface area contributed by atoms with Gasteiger partial charge in [-0.15, -0.1) is 0 Å². The fourth-order valence-corrected chi connectivity index (χ4v) is 5.44. The molecular weight excluding hydrogens is 428 g/mol. The SMILES string of the molecule is S=C1N[C@H](c2ccccn2)[C@@H](c2cccn2-c2ccc3ccccc3c2)N1C[C@@H]1CCCO1. The van der Waals surface area contributed by atoms with E-state index in [0.29, 0.717) is 0 Å². The molecule has 0 saturated carbocycles. The maximum absolute atomic E-state index is 5.98. The first-order chi connectivity index (χ1) is 16.3. The van der Waals surface area contributed by atoms with Crippen molar-refractivity contribution >= 4 is 28.1 Å². The molecule has 0 bridgehead atoms. The average Bonchev–Trinajstić information content (AvgIpc) is 3.61. The lowest BCUT2D eigenvalue weighted by molar-refractivity contribution is 0.0836. The van der Waals surface area contributed by atoms with E-state index in [1.165, 1.54) is 16.5 Å². The number of hydrogen-bond acceptors (Lipinski definition) is 3. The summed E-state index contributed by atoms with van der Waals surface area (Å²) >= 11 is 5.85. The van der Waals surface area contributed by atoms with Gasteiger partial charge in [0.1, 0.15) is 0 Å². The summed E-state index contributed by atoms with van der Waals surface area (Å²) in [7, 11) is 0. The number of nitrogens with zero attached hydrogens (tertiary/aromatic N) is 3. The van der Waals surface area contributed by atoms with Crippen molar-refractivity contribution in [1.82, 2.24) is 19.8 Å². The number of benzene rings is 2. The molecule has 4 heterocycles. The van der Waals surface area contributed by atoms with Gasteiger partial charge in [-0.2, -0.15) is 0 Å². The van der Waals surface area contributed by atoms with Gasteiger partial charge in [0.15, 0.2) is 5.11 Å². The molecule has 2 aromatic carbocycles. The quantitative estimate of drug-likeness (QED) is 0.421. The molecule has 5 nitrogen and oxygen atoms in total. The first kappa shape index (κ1) is 20.4. The van der Waals surface area contributed by atoms with Crippen molar-refractivity contribution in [3.05, 3.63) is 96.6 Å². The van der Waals surface area contributed by atoms with Crippen LogP contribution in [0.3, 0.4) is 0 Å². The van der Waals surface area contributed by atoms with Gasteiger partial charge in [0.25, 0.3) is 0 Å². The topological polar surface area (TPSA) is 42.3 Å². The molecule has 166 valence electrons. The third-order valence-corrected chi connectivity index (χ3v) is 7.07. The Bertz CT molecular complexity index is 1280. The molecular formula is C27H26N4OS. The highest BCUT2D eigenvalue weighted by molar-refractivity contribution is 7.80. The van der Waals surface area contributed by atoms with E-state index in [1.54, 1.807) is 0 Å². The summed E-state index contributed by atoms with van der Waals surface area (Å²) in [5.41, 5.74) is 3.32. The van der Waals surface area contributed by atoms with Crippen LogP contribution in [-0.4, -0.2) is 38.8 Å². The van der Waals surface area contributed by atoms with Crippen LogP contribution < -0.4 is 5.32 Å². The molecule has 0 spiro atoms. The zero-order valence-electron chi connectivity index (χ0n) is 18.3. The number of rotatable bonds is 5. The highest BCUT2D eigenvalue weighted by Crippen LogP contribution is 2.40. The number of fused-ring (bicyclic) bond motifs is 1. The van der Waals surface area contributed by atoms with E-state index in [2.05, 4.69) is 86.6 Å². The Morgan fingerprint density at radius 3 is 2.70 bits per heavy atom. The van der Waals surface area contributed by atoms with E-state index in [9.17, 15) is 0 Å². The summed E-state index contributed by atoms with van der Waals surface area (Å²) in [6.07, 6.45) is 6.38. The summed E-state index contributed by atoms with van der Waals surface area (Å²) < 4.78 is 8.26. The monoisotopic (exact) mass is 454 g/mol. The second-order valence-electron chi connectivity index (χ2n) is 8.75. The lowest BCUT2D eigenvalue weighted by atomic mass is 10.0. The van der Waals surface area contributed by atoms with Gasteiger partial charge >= 0.3 is 0 Å². The maximum atomic E-state index is 5.98. The minimum atomic E-state index is -0.0331. The van der Waals surface area contributed by atoms with Crippen molar-refractivity contribution in [2.24, 2.45) is 0 Å². The van der Waals surface area contributed by atoms with Crippen molar-refractivity contribution in [2.75, 3.05) is 13.2 Å². The largest absolute Gasteiger partial charge is 0.376 e. The predicted octanol–water partition coefficient (Wildman–Crippen LogP) is 5.18. The van der Waals surface area contributed by atoms with E-state index in [-0.39, 0.29) is 18.2 Å². The van der Waals surface area contributed by atoms with Crippen molar-refractivity contribution in [3.8, 4) is 5.69 Å². The molecule has 2 aliphatic rings. The van der Waals surface area contributed by atoms with Crippen LogP contribution in [0.2, 0.25) is 0 Å². The molecule has 0 amide bonds. The summed E-state index contributed by atoms with van der Waals surface area (Å²) in [6.45, 7) is 1.61. The van der Waals surface area contributed by atoms with Crippen molar-refractivity contribution in [1.29, 1.82) is 0 Å². The van der Waals surface area contributed by atoms with Crippen molar-refractivity contribution < 1.29 is 4.74 Å². The van der Waals surface area contributed by atoms with Gasteiger partial charge in [0.05, 0.1) is 23.9 Å². The summed E-state index contributed by atoms with van der Waals surface area (Å²) in [6, 6.07) is 25.5. The van der Waals surface area contributed by atoms with Gasteiger partial charge in [0.2, 0.25) is 0 Å². The third-order valence-electron chi connectivity index (χ3n) is 6.72. The smallest absolute Gasteiger partial charge is 0.170 e.